The van der Waals surface area contributed by atoms with Crippen molar-refractivity contribution in [3.05, 3.63) is 47.5 Å². The number of hydrogen-bond acceptors (Lipinski definition) is 3. The molecule has 0 aliphatic carbocycles. The standard InChI is InChI=1S/C16H16F2N4/c1-11-20-4-6-21(11)10-13-3-2-5-22(13)16-14(17)7-12(9-19)8-15(16)18/h4,6-8,13H,2-3,5,10H2,1H3. The fourth-order valence-electron chi connectivity index (χ4n) is 3.05. The van der Waals surface area contributed by atoms with E-state index in [0.29, 0.717) is 13.1 Å². The largest absolute Gasteiger partial charge is 0.362 e. The van der Waals surface area contributed by atoms with Crippen molar-refractivity contribution < 1.29 is 8.78 Å². The van der Waals surface area contributed by atoms with E-state index in [-0.39, 0.29) is 17.3 Å². The predicted octanol–water partition coefficient (Wildman–Crippen LogP) is 3.01. The summed E-state index contributed by atoms with van der Waals surface area (Å²) in [6.45, 7) is 3.16. The second-order valence-corrected chi connectivity index (χ2v) is 5.52. The first-order valence-corrected chi connectivity index (χ1v) is 7.23. The predicted molar refractivity (Wildman–Crippen MR) is 78.4 cm³/mol. The lowest BCUT2D eigenvalue weighted by Crippen LogP contribution is -2.34. The Morgan fingerprint density at radius 2 is 2.09 bits per heavy atom. The van der Waals surface area contributed by atoms with Crippen LogP contribution in [-0.4, -0.2) is 22.1 Å². The number of nitrogens with zero attached hydrogens (tertiary/aromatic N) is 4. The molecule has 1 saturated heterocycles. The quantitative estimate of drug-likeness (QED) is 0.875. The fraction of sp³-hybridized carbons (Fsp3) is 0.375. The number of rotatable bonds is 3. The minimum absolute atomic E-state index is 0.0000454. The van der Waals surface area contributed by atoms with Crippen molar-refractivity contribution in [1.29, 1.82) is 5.26 Å². The maximum absolute atomic E-state index is 14.2. The molecule has 1 atom stereocenters. The van der Waals surface area contributed by atoms with E-state index in [0.717, 1.165) is 30.8 Å². The smallest absolute Gasteiger partial charge is 0.150 e. The number of anilines is 1. The number of nitriles is 1. The van der Waals surface area contributed by atoms with Crippen LogP contribution < -0.4 is 4.90 Å². The van der Waals surface area contributed by atoms with Crippen LogP contribution in [0.4, 0.5) is 14.5 Å². The molecule has 22 heavy (non-hydrogen) atoms. The van der Waals surface area contributed by atoms with Crippen molar-refractivity contribution in [2.24, 2.45) is 0 Å². The van der Waals surface area contributed by atoms with Crippen LogP contribution in [0.5, 0.6) is 0 Å². The van der Waals surface area contributed by atoms with Crippen molar-refractivity contribution in [3.63, 3.8) is 0 Å². The molecule has 0 bridgehead atoms. The lowest BCUT2D eigenvalue weighted by molar-refractivity contribution is 0.516. The second kappa shape index (κ2) is 5.76. The summed E-state index contributed by atoms with van der Waals surface area (Å²) in [7, 11) is 0. The zero-order valence-electron chi connectivity index (χ0n) is 12.3. The van der Waals surface area contributed by atoms with Crippen LogP contribution in [0, 0.1) is 29.9 Å². The molecular weight excluding hydrogens is 286 g/mol. The zero-order valence-corrected chi connectivity index (χ0v) is 12.3. The Morgan fingerprint density at radius 1 is 1.36 bits per heavy atom. The first-order valence-electron chi connectivity index (χ1n) is 7.23. The van der Waals surface area contributed by atoms with Crippen molar-refractivity contribution in [3.8, 4) is 6.07 Å². The minimum Gasteiger partial charge on any atom is -0.362 e. The second-order valence-electron chi connectivity index (χ2n) is 5.52. The summed E-state index contributed by atoms with van der Waals surface area (Å²) in [6.07, 6.45) is 5.35. The van der Waals surface area contributed by atoms with Gasteiger partial charge in [0.25, 0.3) is 0 Å². The van der Waals surface area contributed by atoms with Gasteiger partial charge in [-0.25, -0.2) is 13.8 Å². The van der Waals surface area contributed by atoms with Gasteiger partial charge in [0.2, 0.25) is 0 Å². The highest BCUT2D eigenvalue weighted by atomic mass is 19.1. The van der Waals surface area contributed by atoms with Gasteiger partial charge in [0.1, 0.15) is 11.5 Å². The van der Waals surface area contributed by atoms with Crippen LogP contribution in [0.15, 0.2) is 24.5 Å². The molecule has 0 saturated carbocycles. The highest BCUT2D eigenvalue weighted by Crippen LogP contribution is 2.32. The number of benzene rings is 1. The average molecular weight is 302 g/mol. The summed E-state index contributed by atoms with van der Waals surface area (Å²) in [5, 5.41) is 8.79. The monoisotopic (exact) mass is 302 g/mol. The average Bonchev–Trinajstić information content (AvgIpc) is 3.09. The number of imidazole rings is 1. The van der Waals surface area contributed by atoms with Gasteiger partial charge in [-0.1, -0.05) is 0 Å². The zero-order chi connectivity index (χ0) is 15.7. The molecule has 2 heterocycles. The lowest BCUT2D eigenvalue weighted by atomic mass is 10.1. The van der Waals surface area contributed by atoms with Crippen LogP contribution in [-0.2, 0) is 6.54 Å². The molecule has 1 aromatic carbocycles. The summed E-state index contributed by atoms with van der Waals surface area (Å²) in [6, 6.07) is 3.98. The topological polar surface area (TPSA) is 44.9 Å². The van der Waals surface area contributed by atoms with E-state index >= 15 is 0 Å². The van der Waals surface area contributed by atoms with Crippen LogP contribution in [0.3, 0.4) is 0 Å². The van der Waals surface area contributed by atoms with E-state index in [9.17, 15) is 8.78 Å². The molecule has 1 fully saturated rings. The Bertz CT molecular complexity index is 709. The Balaban J connectivity index is 1.91. The van der Waals surface area contributed by atoms with E-state index in [4.69, 9.17) is 5.26 Å². The van der Waals surface area contributed by atoms with E-state index in [1.807, 2.05) is 17.7 Å². The first-order chi connectivity index (χ1) is 10.6. The van der Waals surface area contributed by atoms with Gasteiger partial charge in [0.15, 0.2) is 11.6 Å². The summed E-state index contributed by atoms with van der Waals surface area (Å²) >= 11 is 0. The summed E-state index contributed by atoms with van der Waals surface area (Å²) < 4.78 is 30.4. The molecule has 2 aromatic rings. The van der Waals surface area contributed by atoms with Gasteiger partial charge >= 0.3 is 0 Å². The SMILES string of the molecule is Cc1nccn1CC1CCCN1c1c(F)cc(C#N)cc1F. The van der Waals surface area contributed by atoms with E-state index in [1.54, 1.807) is 17.2 Å². The molecule has 0 amide bonds. The van der Waals surface area contributed by atoms with Crippen molar-refractivity contribution >= 4 is 5.69 Å². The summed E-state index contributed by atoms with van der Waals surface area (Å²) in [5.74, 6) is -0.468. The normalized spacial score (nSPS) is 17.7. The van der Waals surface area contributed by atoms with Gasteiger partial charge < -0.3 is 9.47 Å². The van der Waals surface area contributed by atoms with E-state index in [2.05, 4.69) is 4.98 Å². The molecule has 0 N–H and O–H groups in total. The lowest BCUT2D eigenvalue weighted by Gasteiger charge is -2.28. The first kappa shape index (κ1) is 14.5. The molecule has 114 valence electrons. The molecule has 1 unspecified atom stereocenters. The van der Waals surface area contributed by atoms with Gasteiger partial charge in [-0.2, -0.15) is 5.26 Å². The van der Waals surface area contributed by atoms with Gasteiger partial charge in [-0.3, -0.25) is 0 Å². The van der Waals surface area contributed by atoms with Gasteiger partial charge in [-0.15, -0.1) is 0 Å². The fourth-order valence-corrected chi connectivity index (χ4v) is 3.05. The molecule has 3 rings (SSSR count). The van der Waals surface area contributed by atoms with Crippen molar-refractivity contribution in [1.82, 2.24) is 9.55 Å². The van der Waals surface area contributed by atoms with Crippen molar-refractivity contribution in [2.75, 3.05) is 11.4 Å². The Labute approximate surface area is 127 Å². The third-order valence-corrected chi connectivity index (χ3v) is 4.14. The van der Waals surface area contributed by atoms with Crippen LogP contribution in [0.1, 0.15) is 24.2 Å². The maximum atomic E-state index is 14.2. The number of halogens is 2. The molecule has 4 nitrogen and oxygen atoms in total. The summed E-state index contributed by atoms with van der Waals surface area (Å²) in [4.78, 5) is 5.94. The number of aromatic nitrogens is 2. The van der Waals surface area contributed by atoms with E-state index < -0.39 is 11.6 Å². The Kier molecular flexibility index (Phi) is 3.80. The molecule has 1 aliphatic heterocycles. The van der Waals surface area contributed by atoms with Crippen LogP contribution >= 0.6 is 0 Å². The van der Waals surface area contributed by atoms with Gasteiger partial charge in [0, 0.05) is 31.5 Å². The van der Waals surface area contributed by atoms with Crippen LogP contribution in [0.25, 0.3) is 0 Å². The van der Waals surface area contributed by atoms with Crippen LogP contribution in [0.2, 0.25) is 0 Å². The Morgan fingerprint density at radius 3 is 2.68 bits per heavy atom. The van der Waals surface area contributed by atoms with Gasteiger partial charge in [-0.05, 0) is 31.9 Å². The molecule has 0 radical (unpaired) electrons. The maximum Gasteiger partial charge on any atom is 0.150 e. The molecule has 1 aliphatic rings. The number of aryl methyl sites for hydroxylation is 1. The third kappa shape index (κ3) is 2.54. The van der Waals surface area contributed by atoms with Crippen molar-refractivity contribution in [2.45, 2.75) is 32.4 Å². The molecule has 0 spiro atoms. The highest BCUT2D eigenvalue weighted by molar-refractivity contribution is 5.54. The molecule has 6 heteroatoms. The Hall–Kier alpha value is -2.42. The van der Waals surface area contributed by atoms with Gasteiger partial charge in [0.05, 0.1) is 11.6 Å². The molecular formula is C16H16F2N4. The third-order valence-electron chi connectivity index (χ3n) is 4.14. The van der Waals surface area contributed by atoms with E-state index in [1.165, 1.54) is 0 Å². The minimum atomic E-state index is -0.675. The highest BCUT2D eigenvalue weighted by Gasteiger charge is 2.29. The molecule has 1 aromatic heterocycles. The summed E-state index contributed by atoms with van der Waals surface area (Å²) in [5.41, 5.74) is -0.0285. The number of hydrogen-bond donors (Lipinski definition) is 0.